The van der Waals surface area contributed by atoms with Crippen molar-refractivity contribution in [3.05, 3.63) is 53.2 Å². The van der Waals surface area contributed by atoms with E-state index in [1.807, 2.05) is 25.1 Å². The fourth-order valence-electron chi connectivity index (χ4n) is 4.07. The first-order valence-corrected chi connectivity index (χ1v) is 11.4. The van der Waals surface area contributed by atoms with Crippen molar-refractivity contribution in [1.82, 2.24) is 9.29 Å². The molecular formula is C21H27N3O3S. The molecule has 0 amide bonds. The first kappa shape index (κ1) is 19.2. The summed E-state index contributed by atoms with van der Waals surface area (Å²) in [6.45, 7) is 4.98. The Labute approximate surface area is 167 Å². The predicted octanol–water partition coefficient (Wildman–Crippen LogP) is 3.47. The van der Waals surface area contributed by atoms with Gasteiger partial charge in [0.15, 0.2) is 0 Å². The Balaban J connectivity index is 1.42. The first-order chi connectivity index (χ1) is 13.4. The van der Waals surface area contributed by atoms with Gasteiger partial charge in [0.25, 0.3) is 0 Å². The molecule has 150 valence electrons. The molecule has 0 bridgehead atoms. The molecule has 6 nitrogen and oxygen atoms in total. The van der Waals surface area contributed by atoms with Crippen LogP contribution in [-0.4, -0.2) is 36.4 Å². The zero-order valence-corrected chi connectivity index (χ0v) is 17.3. The molecule has 0 saturated carbocycles. The Morgan fingerprint density at radius 3 is 2.71 bits per heavy atom. The normalized spacial score (nSPS) is 19.1. The van der Waals surface area contributed by atoms with Crippen LogP contribution in [0.2, 0.25) is 0 Å². The summed E-state index contributed by atoms with van der Waals surface area (Å²) in [5.41, 5.74) is 3.10. The minimum Gasteiger partial charge on any atom is -0.487 e. The van der Waals surface area contributed by atoms with E-state index in [-0.39, 0.29) is 5.60 Å². The fraction of sp³-hybridized carbons (Fsp3) is 0.476. The molecule has 3 heterocycles. The zero-order chi connectivity index (χ0) is 19.8. The molecule has 7 heteroatoms. The molecule has 28 heavy (non-hydrogen) atoms. The van der Waals surface area contributed by atoms with Crippen LogP contribution in [-0.2, 0) is 23.1 Å². The molecule has 0 unspecified atom stereocenters. The van der Waals surface area contributed by atoms with Crippen molar-refractivity contribution < 1.29 is 13.2 Å². The summed E-state index contributed by atoms with van der Waals surface area (Å²) in [5.74, 6) is 1.32. The average molecular weight is 402 g/mol. The van der Waals surface area contributed by atoms with Gasteiger partial charge in [0.2, 0.25) is 0 Å². The minimum atomic E-state index is -3.62. The van der Waals surface area contributed by atoms with E-state index in [4.69, 9.17) is 4.74 Å². The number of hydrogen-bond donors (Lipinski definition) is 1. The van der Waals surface area contributed by atoms with Gasteiger partial charge >= 0.3 is 10.2 Å². The van der Waals surface area contributed by atoms with E-state index in [0.29, 0.717) is 31.7 Å². The van der Waals surface area contributed by atoms with Crippen molar-refractivity contribution in [2.24, 2.45) is 0 Å². The van der Waals surface area contributed by atoms with Gasteiger partial charge in [-0.3, -0.25) is 4.72 Å². The van der Waals surface area contributed by atoms with Crippen molar-refractivity contribution in [3.63, 3.8) is 0 Å². The lowest BCUT2D eigenvalue weighted by atomic mass is 9.83. The Morgan fingerprint density at radius 1 is 1.18 bits per heavy atom. The highest BCUT2D eigenvalue weighted by Crippen LogP contribution is 2.40. The van der Waals surface area contributed by atoms with Crippen LogP contribution < -0.4 is 9.46 Å². The summed E-state index contributed by atoms with van der Waals surface area (Å²) in [6, 6.07) is 11.7. The zero-order valence-electron chi connectivity index (χ0n) is 16.4. The highest BCUT2D eigenvalue weighted by Gasteiger charge is 2.42. The van der Waals surface area contributed by atoms with E-state index in [9.17, 15) is 8.42 Å². The number of hydrogen-bond acceptors (Lipinski definition) is 4. The van der Waals surface area contributed by atoms with Crippen molar-refractivity contribution in [3.8, 4) is 5.75 Å². The summed E-state index contributed by atoms with van der Waals surface area (Å²) in [5, 5.41) is 0. The molecule has 1 N–H and O–H groups in total. The van der Waals surface area contributed by atoms with E-state index in [2.05, 4.69) is 28.8 Å². The molecule has 0 radical (unpaired) electrons. The quantitative estimate of drug-likeness (QED) is 0.852. The van der Waals surface area contributed by atoms with Crippen molar-refractivity contribution in [1.29, 1.82) is 0 Å². The number of fused-ring (bicyclic) bond motifs is 1. The first-order valence-electron chi connectivity index (χ1n) is 9.91. The van der Waals surface area contributed by atoms with E-state index in [1.54, 1.807) is 6.07 Å². The summed E-state index contributed by atoms with van der Waals surface area (Å²) in [4.78, 5) is 4.35. The number of aryl methyl sites for hydroxylation is 3. The average Bonchev–Trinajstić information content (AvgIpc) is 2.68. The monoisotopic (exact) mass is 401 g/mol. The van der Waals surface area contributed by atoms with E-state index in [1.165, 1.54) is 15.4 Å². The van der Waals surface area contributed by atoms with Gasteiger partial charge in [-0.15, -0.1) is 0 Å². The topological polar surface area (TPSA) is 71.5 Å². The van der Waals surface area contributed by atoms with Crippen LogP contribution in [0.25, 0.3) is 0 Å². The number of nitrogens with one attached hydrogen (secondary N) is 1. The number of benzene rings is 1. The maximum Gasteiger partial charge on any atom is 0.302 e. The van der Waals surface area contributed by atoms with Gasteiger partial charge in [-0.1, -0.05) is 30.7 Å². The smallest absolute Gasteiger partial charge is 0.302 e. The van der Waals surface area contributed by atoms with Gasteiger partial charge in [0.05, 0.1) is 0 Å². The summed E-state index contributed by atoms with van der Waals surface area (Å²) >= 11 is 0. The molecule has 1 aromatic carbocycles. The van der Waals surface area contributed by atoms with Crippen LogP contribution in [0.15, 0.2) is 36.4 Å². The third-order valence-electron chi connectivity index (χ3n) is 5.77. The largest absolute Gasteiger partial charge is 0.487 e. The predicted molar refractivity (Wildman–Crippen MR) is 110 cm³/mol. The van der Waals surface area contributed by atoms with Crippen LogP contribution in [0.1, 0.15) is 43.0 Å². The molecular weight excluding hydrogens is 374 g/mol. The fourth-order valence-corrected chi connectivity index (χ4v) is 5.24. The summed E-state index contributed by atoms with van der Waals surface area (Å²) in [6.07, 6.45) is 4.08. The van der Waals surface area contributed by atoms with E-state index >= 15 is 0 Å². The van der Waals surface area contributed by atoms with Gasteiger partial charge in [-0.05, 0) is 49.9 Å². The molecule has 0 aliphatic carbocycles. The number of pyridine rings is 1. The number of piperidine rings is 1. The van der Waals surface area contributed by atoms with Crippen molar-refractivity contribution in [2.75, 3.05) is 17.8 Å². The van der Waals surface area contributed by atoms with Crippen molar-refractivity contribution in [2.45, 2.75) is 51.6 Å². The molecule has 2 aromatic rings. The molecule has 0 atom stereocenters. The molecule has 1 aromatic heterocycles. The second-order valence-electron chi connectivity index (χ2n) is 7.77. The molecule has 2 aliphatic heterocycles. The van der Waals surface area contributed by atoms with Gasteiger partial charge in [0, 0.05) is 31.6 Å². The molecule has 1 spiro atoms. The summed E-state index contributed by atoms with van der Waals surface area (Å²) in [7, 11) is -3.62. The number of rotatable bonds is 4. The number of aromatic nitrogens is 1. The molecule has 1 saturated heterocycles. The maximum atomic E-state index is 12.8. The minimum absolute atomic E-state index is 0.255. The van der Waals surface area contributed by atoms with Gasteiger partial charge in [0.1, 0.15) is 17.2 Å². The van der Waals surface area contributed by atoms with E-state index in [0.717, 1.165) is 30.7 Å². The van der Waals surface area contributed by atoms with Crippen LogP contribution in [0.4, 0.5) is 5.82 Å². The SMILES string of the molecule is CCc1cccc(NS(=O)(=O)N2CCC3(CCc4cc(C)ccc4O3)CC2)n1. The third-order valence-corrected chi connectivity index (χ3v) is 7.28. The second-order valence-corrected chi connectivity index (χ2v) is 9.44. The standard InChI is InChI=1S/C21H27N3O3S/c1-3-18-5-4-6-20(22-18)23-28(25,26)24-13-11-21(12-14-24)10-9-17-15-16(2)7-8-19(17)27-21/h4-8,15H,3,9-14H2,1-2H3,(H,22,23). The Morgan fingerprint density at radius 2 is 1.96 bits per heavy atom. The molecule has 4 rings (SSSR count). The van der Waals surface area contributed by atoms with Gasteiger partial charge in [-0.25, -0.2) is 4.98 Å². The maximum absolute atomic E-state index is 12.8. The van der Waals surface area contributed by atoms with Crippen LogP contribution in [0, 0.1) is 6.92 Å². The molecule has 1 fully saturated rings. The Bertz CT molecular complexity index is 967. The van der Waals surface area contributed by atoms with Crippen LogP contribution >= 0.6 is 0 Å². The Hall–Kier alpha value is -2.12. The highest BCUT2D eigenvalue weighted by molar-refractivity contribution is 7.90. The Kier molecular flexibility index (Phi) is 5.05. The van der Waals surface area contributed by atoms with E-state index < -0.39 is 10.2 Å². The highest BCUT2D eigenvalue weighted by atomic mass is 32.2. The molecule has 2 aliphatic rings. The van der Waals surface area contributed by atoms with Crippen LogP contribution in [0.3, 0.4) is 0 Å². The lowest BCUT2D eigenvalue weighted by Gasteiger charge is -2.44. The second kappa shape index (κ2) is 7.37. The lowest BCUT2D eigenvalue weighted by Crippen LogP contribution is -2.52. The third kappa shape index (κ3) is 3.86. The number of ether oxygens (including phenoxy) is 1. The number of nitrogens with zero attached hydrogens (tertiary/aromatic N) is 2. The van der Waals surface area contributed by atoms with Gasteiger partial charge in [-0.2, -0.15) is 12.7 Å². The van der Waals surface area contributed by atoms with Gasteiger partial charge < -0.3 is 4.74 Å². The summed E-state index contributed by atoms with van der Waals surface area (Å²) < 4.78 is 36.1. The van der Waals surface area contributed by atoms with Crippen LogP contribution in [0.5, 0.6) is 5.75 Å². The van der Waals surface area contributed by atoms with Crippen molar-refractivity contribution >= 4 is 16.0 Å². The lowest BCUT2D eigenvalue weighted by molar-refractivity contribution is 0.00189. The number of anilines is 1.